The zero-order valence-corrected chi connectivity index (χ0v) is 19.5. The van der Waals surface area contributed by atoms with E-state index in [1.165, 1.54) is 44.1 Å². The first-order valence-electron chi connectivity index (χ1n) is 12.5. The van der Waals surface area contributed by atoms with Crippen LogP contribution in [0.1, 0.15) is 98.8 Å². The monoisotopic (exact) mass is 400 g/mol. The van der Waals surface area contributed by atoms with E-state index in [2.05, 4.69) is 40.7 Å². The summed E-state index contributed by atoms with van der Waals surface area (Å²) in [6.45, 7) is 12.1. The predicted octanol–water partition coefficient (Wildman–Crippen LogP) is 6.42. The van der Waals surface area contributed by atoms with Crippen molar-refractivity contribution in [3.8, 4) is 0 Å². The summed E-state index contributed by atoms with van der Waals surface area (Å²) >= 11 is 0. The fourth-order valence-electron chi connectivity index (χ4n) is 7.83. The van der Waals surface area contributed by atoms with Crippen molar-refractivity contribution in [2.24, 2.45) is 34.5 Å². The number of rotatable bonds is 5. The molecule has 0 aliphatic heterocycles. The van der Waals surface area contributed by atoms with E-state index in [0.29, 0.717) is 5.41 Å². The molecule has 7 atom stereocenters. The van der Waals surface area contributed by atoms with Gasteiger partial charge >= 0.3 is 0 Å². The zero-order chi connectivity index (χ0) is 21.0. The van der Waals surface area contributed by atoms with Gasteiger partial charge in [0.25, 0.3) is 0 Å². The van der Waals surface area contributed by atoms with Crippen LogP contribution in [0, 0.1) is 34.5 Å². The van der Waals surface area contributed by atoms with Gasteiger partial charge in [0.1, 0.15) is 0 Å². The molecule has 0 aromatic heterocycles. The summed E-state index contributed by atoms with van der Waals surface area (Å²) in [6.07, 6.45) is 13.3. The zero-order valence-electron chi connectivity index (χ0n) is 19.5. The first kappa shape index (κ1) is 21.6. The van der Waals surface area contributed by atoms with Crippen LogP contribution in [0.5, 0.6) is 0 Å². The van der Waals surface area contributed by atoms with E-state index < -0.39 is 0 Å². The Morgan fingerprint density at radius 1 is 1.07 bits per heavy atom. The van der Waals surface area contributed by atoms with Crippen LogP contribution in [0.15, 0.2) is 22.8 Å². The molecule has 0 saturated heterocycles. The average molecular weight is 401 g/mol. The SMILES string of the molecule is CC(C)CCC[C@@H](C)[C@H]1CC=C2C3=C(CC[C@@]21C)[C@@]1(C)CC[C@H](O)C[C@@H]1[C@@H](O)C3. The predicted molar refractivity (Wildman–Crippen MR) is 120 cm³/mol. The van der Waals surface area contributed by atoms with Crippen molar-refractivity contribution >= 4 is 0 Å². The van der Waals surface area contributed by atoms with Crippen LogP contribution in [-0.2, 0) is 0 Å². The van der Waals surface area contributed by atoms with Crippen LogP contribution < -0.4 is 0 Å². The van der Waals surface area contributed by atoms with Crippen molar-refractivity contribution in [3.05, 3.63) is 22.8 Å². The molecule has 29 heavy (non-hydrogen) atoms. The molecule has 4 aliphatic carbocycles. The third-order valence-corrected chi connectivity index (χ3v) is 9.63. The van der Waals surface area contributed by atoms with Gasteiger partial charge in [-0.1, -0.05) is 65.5 Å². The Hall–Kier alpha value is -0.600. The Balaban J connectivity index is 1.57. The van der Waals surface area contributed by atoms with Gasteiger partial charge in [0.05, 0.1) is 12.2 Å². The second-order valence-corrected chi connectivity index (χ2v) is 11.9. The Kier molecular flexibility index (Phi) is 5.84. The van der Waals surface area contributed by atoms with Gasteiger partial charge in [-0.25, -0.2) is 0 Å². The Labute approximate surface area is 178 Å². The molecule has 1 fully saturated rings. The lowest BCUT2D eigenvalue weighted by atomic mass is 9.51. The smallest absolute Gasteiger partial charge is 0.0618 e. The Bertz CT molecular complexity index is 689. The second-order valence-electron chi connectivity index (χ2n) is 11.9. The van der Waals surface area contributed by atoms with Crippen LogP contribution in [0.3, 0.4) is 0 Å². The number of hydrogen-bond acceptors (Lipinski definition) is 2. The highest BCUT2D eigenvalue weighted by Crippen LogP contribution is 2.64. The van der Waals surface area contributed by atoms with Gasteiger partial charge in [0, 0.05) is 0 Å². The van der Waals surface area contributed by atoms with Crippen LogP contribution >= 0.6 is 0 Å². The van der Waals surface area contributed by atoms with E-state index in [9.17, 15) is 10.2 Å². The summed E-state index contributed by atoms with van der Waals surface area (Å²) in [4.78, 5) is 0. The molecule has 0 amide bonds. The molecule has 0 aromatic rings. The van der Waals surface area contributed by atoms with Gasteiger partial charge < -0.3 is 10.2 Å². The molecule has 2 N–H and O–H groups in total. The van der Waals surface area contributed by atoms with Crippen molar-refractivity contribution in [2.45, 2.75) is 111 Å². The molecule has 0 bridgehead atoms. The highest BCUT2D eigenvalue weighted by Gasteiger charge is 2.55. The molecule has 0 heterocycles. The Morgan fingerprint density at radius 2 is 1.83 bits per heavy atom. The molecule has 0 aromatic carbocycles. The van der Waals surface area contributed by atoms with E-state index in [1.807, 2.05) is 0 Å². The van der Waals surface area contributed by atoms with E-state index in [1.54, 1.807) is 11.1 Å². The lowest BCUT2D eigenvalue weighted by Crippen LogP contribution is -2.49. The molecular weight excluding hydrogens is 356 g/mol. The summed E-state index contributed by atoms with van der Waals surface area (Å²) in [5.41, 5.74) is 5.17. The van der Waals surface area contributed by atoms with Gasteiger partial charge in [-0.05, 0) is 90.6 Å². The van der Waals surface area contributed by atoms with Gasteiger partial charge in [-0.3, -0.25) is 0 Å². The summed E-state index contributed by atoms with van der Waals surface area (Å²) in [7, 11) is 0. The normalized spacial score (nSPS) is 43.0. The largest absolute Gasteiger partial charge is 0.393 e. The fourth-order valence-corrected chi connectivity index (χ4v) is 7.83. The van der Waals surface area contributed by atoms with Crippen LogP contribution in [0.4, 0.5) is 0 Å². The first-order chi connectivity index (χ1) is 13.7. The highest BCUT2D eigenvalue weighted by molar-refractivity contribution is 5.50. The Morgan fingerprint density at radius 3 is 2.55 bits per heavy atom. The second kappa shape index (κ2) is 7.83. The van der Waals surface area contributed by atoms with Gasteiger partial charge in [0.2, 0.25) is 0 Å². The maximum Gasteiger partial charge on any atom is 0.0618 e. The third kappa shape index (κ3) is 3.57. The third-order valence-electron chi connectivity index (χ3n) is 9.63. The molecule has 2 nitrogen and oxygen atoms in total. The maximum absolute atomic E-state index is 11.1. The molecule has 4 rings (SSSR count). The molecule has 0 radical (unpaired) electrons. The van der Waals surface area contributed by atoms with E-state index in [0.717, 1.165) is 43.4 Å². The van der Waals surface area contributed by atoms with Gasteiger partial charge in [0.15, 0.2) is 0 Å². The molecular formula is C27H44O2. The van der Waals surface area contributed by atoms with Gasteiger partial charge in [-0.2, -0.15) is 0 Å². The molecule has 1 saturated carbocycles. The molecule has 0 spiro atoms. The van der Waals surface area contributed by atoms with Crippen molar-refractivity contribution in [2.75, 3.05) is 0 Å². The summed E-state index contributed by atoms with van der Waals surface area (Å²) in [5.74, 6) is 2.58. The van der Waals surface area contributed by atoms with Crippen molar-refractivity contribution in [3.63, 3.8) is 0 Å². The quantitative estimate of drug-likeness (QED) is 0.559. The molecule has 164 valence electrons. The van der Waals surface area contributed by atoms with Crippen molar-refractivity contribution < 1.29 is 10.2 Å². The first-order valence-corrected chi connectivity index (χ1v) is 12.5. The number of aliphatic hydroxyl groups is 2. The van der Waals surface area contributed by atoms with E-state index >= 15 is 0 Å². The lowest BCUT2D eigenvalue weighted by molar-refractivity contribution is -0.0448. The fraction of sp³-hybridized carbons (Fsp3) is 0.852. The van der Waals surface area contributed by atoms with E-state index in [4.69, 9.17) is 0 Å². The summed E-state index contributed by atoms with van der Waals surface area (Å²) in [5, 5.41) is 21.3. The van der Waals surface area contributed by atoms with Gasteiger partial charge in [-0.15, -0.1) is 0 Å². The van der Waals surface area contributed by atoms with E-state index in [-0.39, 0.29) is 23.5 Å². The van der Waals surface area contributed by atoms with Crippen LogP contribution in [-0.4, -0.2) is 22.4 Å². The topological polar surface area (TPSA) is 40.5 Å². The number of fused-ring (bicyclic) bond motifs is 4. The summed E-state index contributed by atoms with van der Waals surface area (Å²) in [6, 6.07) is 0. The van der Waals surface area contributed by atoms with Crippen molar-refractivity contribution in [1.29, 1.82) is 0 Å². The minimum Gasteiger partial charge on any atom is -0.393 e. The highest BCUT2D eigenvalue weighted by atomic mass is 16.3. The molecule has 4 aliphatic rings. The average Bonchev–Trinajstić information content (AvgIpc) is 3.00. The number of allylic oxidation sites excluding steroid dienone is 3. The van der Waals surface area contributed by atoms with Crippen LogP contribution in [0.2, 0.25) is 0 Å². The number of aliphatic hydroxyl groups excluding tert-OH is 2. The maximum atomic E-state index is 11.1. The minimum atomic E-state index is -0.292. The number of hydrogen-bond donors (Lipinski definition) is 2. The molecule has 0 unspecified atom stereocenters. The summed E-state index contributed by atoms with van der Waals surface area (Å²) < 4.78 is 0. The lowest BCUT2D eigenvalue weighted by Gasteiger charge is -2.55. The standard InChI is InChI=1S/C27H44O2/c1-17(2)7-6-8-18(3)21-9-10-22-20-16-25(29)24-15-19(28)11-13-27(24,5)23(20)12-14-26(21,22)4/h10,17-19,21,24-25,28-29H,6-9,11-16H2,1-5H3/t18-,19+,21-,24-,25+,26-,27-/m1/s1. The van der Waals surface area contributed by atoms with Crippen LogP contribution in [0.25, 0.3) is 0 Å². The molecule has 2 heteroatoms. The minimum absolute atomic E-state index is 0.0926. The van der Waals surface area contributed by atoms with Crippen molar-refractivity contribution in [1.82, 2.24) is 0 Å².